The Balaban J connectivity index is 1.29. The van der Waals surface area contributed by atoms with E-state index in [4.69, 9.17) is 5.10 Å². The third-order valence-corrected chi connectivity index (χ3v) is 8.69. The summed E-state index contributed by atoms with van der Waals surface area (Å²) in [5.74, 6) is 0.948. The van der Waals surface area contributed by atoms with Crippen LogP contribution in [0, 0.1) is 0 Å². The highest BCUT2D eigenvalue weighted by atomic mass is 16.2. The quantitative estimate of drug-likeness (QED) is 0.201. The Morgan fingerprint density at radius 3 is 2.55 bits per heavy atom. The van der Waals surface area contributed by atoms with E-state index in [1.165, 1.54) is 27.6 Å². The molecule has 1 unspecified atom stereocenters. The van der Waals surface area contributed by atoms with Gasteiger partial charge in [-0.3, -0.25) is 10.2 Å². The van der Waals surface area contributed by atoms with Gasteiger partial charge in [-0.1, -0.05) is 86.1 Å². The van der Waals surface area contributed by atoms with E-state index in [-0.39, 0.29) is 24.2 Å². The van der Waals surface area contributed by atoms with Gasteiger partial charge in [0.15, 0.2) is 0 Å². The number of para-hydroxylation sites is 1. The van der Waals surface area contributed by atoms with Crippen molar-refractivity contribution < 1.29 is 4.79 Å². The lowest BCUT2D eigenvalue weighted by Crippen LogP contribution is -2.55. The molecule has 1 fully saturated rings. The number of piperidine rings is 1. The van der Waals surface area contributed by atoms with E-state index >= 15 is 0 Å². The van der Waals surface area contributed by atoms with Crippen LogP contribution in [0.1, 0.15) is 54.9 Å². The molecule has 7 nitrogen and oxygen atoms in total. The molecule has 1 saturated heterocycles. The van der Waals surface area contributed by atoms with Gasteiger partial charge in [-0.15, -0.1) is 0 Å². The molecule has 4 N–H and O–H groups in total. The molecule has 0 spiro atoms. The minimum Gasteiger partial charge on any atom is -0.361 e. The molecule has 0 bridgehead atoms. The Morgan fingerprint density at radius 2 is 1.76 bits per heavy atom. The first-order valence-electron chi connectivity index (χ1n) is 15.5. The molecule has 4 aromatic rings. The van der Waals surface area contributed by atoms with Crippen molar-refractivity contribution in [1.82, 2.24) is 25.9 Å². The van der Waals surface area contributed by atoms with Crippen LogP contribution in [0.15, 0.2) is 90.2 Å². The summed E-state index contributed by atoms with van der Waals surface area (Å²) in [4.78, 5) is 19.4. The molecule has 1 aromatic heterocycles. The number of rotatable bonds is 11. The number of hydrogen-bond acceptors (Lipinski definition) is 5. The number of amidine groups is 1. The van der Waals surface area contributed by atoms with Crippen molar-refractivity contribution >= 4 is 22.6 Å². The van der Waals surface area contributed by atoms with E-state index < -0.39 is 0 Å². The lowest BCUT2D eigenvalue weighted by atomic mass is 10.00. The summed E-state index contributed by atoms with van der Waals surface area (Å²) in [6, 6.07) is 27.4. The maximum Gasteiger partial charge on any atom is 0.237 e. The number of carbonyl (C=O) groups excluding carboxylic acids is 1. The molecule has 2 aliphatic heterocycles. The average molecular weight is 563 g/mol. The maximum absolute atomic E-state index is 13.6. The van der Waals surface area contributed by atoms with Gasteiger partial charge in [0.25, 0.3) is 0 Å². The standard InChI is InChI=1S/C35H42N6O/c1-2-25-15-17-27(18-16-25)24-41-33(20-19-26-10-4-3-5-11-26)39-40-34(41)32(38-35(42)31-14-8-9-21-36-31)22-28-23-37-30-13-7-6-12-29(28)30/h3-7,10-13,15-18,23,31-33,36-37,39H,2,8-9,14,19-22,24H2,1H3,(H,38,42)/t31-,32-,33?/m1/s1. The topological polar surface area (TPSA) is 84.6 Å². The number of carbonyl (C=O) groups is 1. The lowest BCUT2D eigenvalue weighted by molar-refractivity contribution is -0.124. The Kier molecular flexibility index (Phi) is 8.85. The maximum atomic E-state index is 13.6. The number of benzene rings is 3. The van der Waals surface area contributed by atoms with E-state index in [0.29, 0.717) is 6.42 Å². The van der Waals surface area contributed by atoms with Gasteiger partial charge in [-0.25, -0.2) is 0 Å². The first kappa shape index (κ1) is 28.0. The molecule has 0 radical (unpaired) electrons. The van der Waals surface area contributed by atoms with Crippen LogP contribution in [0.4, 0.5) is 0 Å². The zero-order chi connectivity index (χ0) is 28.7. The van der Waals surface area contributed by atoms with Crippen molar-refractivity contribution in [3.05, 3.63) is 107 Å². The summed E-state index contributed by atoms with van der Waals surface area (Å²) in [7, 11) is 0. The molecule has 3 atom stereocenters. The monoisotopic (exact) mass is 562 g/mol. The zero-order valence-electron chi connectivity index (χ0n) is 24.5. The van der Waals surface area contributed by atoms with Crippen LogP contribution in [0.25, 0.3) is 10.9 Å². The smallest absolute Gasteiger partial charge is 0.237 e. The molecule has 0 aliphatic carbocycles. The molecule has 3 heterocycles. The Hall–Kier alpha value is -4.10. The number of aryl methyl sites for hydroxylation is 2. The minimum absolute atomic E-state index is 0.0289. The summed E-state index contributed by atoms with van der Waals surface area (Å²) < 4.78 is 0. The van der Waals surface area contributed by atoms with E-state index in [0.717, 1.165) is 63.0 Å². The SMILES string of the molecule is CCc1ccc(CN2C([C@@H](Cc3c[nH]c4ccccc34)NC(=O)[C@H]3CCCCN3)=NNC2CCc2ccccc2)cc1. The van der Waals surface area contributed by atoms with Crippen LogP contribution in [0.5, 0.6) is 0 Å². The Labute approximate surface area is 248 Å². The van der Waals surface area contributed by atoms with Crippen LogP contribution in [-0.4, -0.2) is 46.4 Å². The largest absolute Gasteiger partial charge is 0.361 e. The molecular weight excluding hydrogens is 520 g/mol. The predicted molar refractivity (Wildman–Crippen MR) is 170 cm³/mol. The molecule has 42 heavy (non-hydrogen) atoms. The minimum atomic E-state index is -0.274. The number of hydrazone groups is 1. The number of H-pyrrole nitrogens is 1. The van der Waals surface area contributed by atoms with Gasteiger partial charge in [0.05, 0.1) is 12.1 Å². The van der Waals surface area contributed by atoms with Crippen molar-refractivity contribution in [2.24, 2.45) is 5.10 Å². The first-order chi connectivity index (χ1) is 20.7. The van der Waals surface area contributed by atoms with Gasteiger partial charge in [0.2, 0.25) is 5.91 Å². The zero-order valence-corrected chi connectivity index (χ0v) is 24.5. The van der Waals surface area contributed by atoms with Crippen molar-refractivity contribution in [1.29, 1.82) is 0 Å². The fourth-order valence-corrected chi connectivity index (χ4v) is 6.22. The highest BCUT2D eigenvalue weighted by Gasteiger charge is 2.35. The number of nitrogens with zero attached hydrogens (tertiary/aromatic N) is 2. The van der Waals surface area contributed by atoms with Crippen molar-refractivity contribution in [3.63, 3.8) is 0 Å². The van der Waals surface area contributed by atoms with Crippen molar-refractivity contribution in [3.8, 4) is 0 Å². The normalized spacial score (nSPS) is 19.4. The van der Waals surface area contributed by atoms with Gasteiger partial charge >= 0.3 is 0 Å². The van der Waals surface area contributed by atoms with Crippen molar-refractivity contribution in [2.75, 3.05) is 6.54 Å². The molecule has 218 valence electrons. The van der Waals surface area contributed by atoms with E-state index in [9.17, 15) is 4.79 Å². The summed E-state index contributed by atoms with van der Waals surface area (Å²) in [6.45, 7) is 3.79. The number of aromatic amines is 1. The molecule has 3 aromatic carbocycles. The number of amides is 1. The lowest BCUT2D eigenvalue weighted by Gasteiger charge is -2.32. The Morgan fingerprint density at radius 1 is 0.976 bits per heavy atom. The second-order valence-electron chi connectivity index (χ2n) is 11.6. The first-order valence-corrected chi connectivity index (χ1v) is 15.5. The molecule has 2 aliphatic rings. The Bertz CT molecular complexity index is 1490. The fourth-order valence-electron chi connectivity index (χ4n) is 6.22. The van der Waals surface area contributed by atoms with Gasteiger partial charge < -0.3 is 20.5 Å². The fraction of sp³-hybridized carbons (Fsp3) is 0.371. The third kappa shape index (κ3) is 6.52. The highest BCUT2D eigenvalue weighted by Crippen LogP contribution is 2.24. The van der Waals surface area contributed by atoms with Gasteiger partial charge in [0.1, 0.15) is 12.0 Å². The highest BCUT2D eigenvalue weighted by molar-refractivity contribution is 5.94. The van der Waals surface area contributed by atoms with Crippen molar-refractivity contribution in [2.45, 2.75) is 76.7 Å². The van der Waals surface area contributed by atoms with Crippen LogP contribution >= 0.6 is 0 Å². The second kappa shape index (κ2) is 13.3. The molecule has 0 saturated carbocycles. The van der Waals surface area contributed by atoms with Crippen LogP contribution in [0.3, 0.4) is 0 Å². The van der Waals surface area contributed by atoms with Gasteiger partial charge in [-0.05, 0) is 67.0 Å². The van der Waals surface area contributed by atoms with E-state index in [1.54, 1.807) is 0 Å². The molecular formula is C35H42N6O. The summed E-state index contributed by atoms with van der Waals surface area (Å²) >= 11 is 0. The summed E-state index contributed by atoms with van der Waals surface area (Å²) in [5, 5.41) is 13.0. The van der Waals surface area contributed by atoms with E-state index in [1.807, 2.05) is 6.07 Å². The number of nitrogens with one attached hydrogen (secondary N) is 4. The molecule has 1 amide bonds. The summed E-state index contributed by atoms with van der Waals surface area (Å²) in [5.41, 5.74) is 9.62. The molecule has 6 rings (SSSR count). The van der Waals surface area contributed by atoms with E-state index in [2.05, 4.69) is 112 Å². The van der Waals surface area contributed by atoms with Gasteiger partial charge in [-0.2, -0.15) is 5.10 Å². The predicted octanol–water partition coefficient (Wildman–Crippen LogP) is 5.28. The number of aromatic nitrogens is 1. The molecule has 7 heteroatoms. The third-order valence-electron chi connectivity index (χ3n) is 8.69. The number of fused-ring (bicyclic) bond motifs is 1. The average Bonchev–Trinajstić information content (AvgIpc) is 3.64. The van der Waals surface area contributed by atoms with Crippen LogP contribution in [-0.2, 0) is 30.6 Å². The summed E-state index contributed by atoms with van der Waals surface area (Å²) in [6.07, 6.45) is 8.68. The van der Waals surface area contributed by atoms with Gasteiger partial charge in [0, 0.05) is 30.1 Å². The second-order valence-corrected chi connectivity index (χ2v) is 11.6. The van der Waals surface area contributed by atoms with Crippen LogP contribution < -0.4 is 16.1 Å². The van der Waals surface area contributed by atoms with Crippen LogP contribution in [0.2, 0.25) is 0 Å². The number of hydrogen-bond donors (Lipinski definition) is 4.